The van der Waals surface area contributed by atoms with Gasteiger partial charge in [-0.25, -0.2) is 0 Å². The van der Waals surface area contributed by atoms with E-state index in [4.69, 9.17) is 18.9 Å². The molecular weight excluding hydrogens is 424 g/mol. The summed E-state index contributed by atoms with van der Waals surface area (Å²) in [5.74, 6) is 0.956. The topological polar surface area (TPSA) is 97.6 Å². The van der Waals surface area contributed by atoms with Crippen LogP contribution >= 0.6 is 0 Å². The Kier molecular flexibility index (Phi) is 4.92. The first-order valence-electron chi connectivity index (χ1n) is 10.7. The minimum absolute atomic E-state index is 0.0935. The molecule has 0 saturated heterocycles. The van der Waals surface area contributed by atoms with Gasteiger partial charge >= 0.3 is 0 Å². The smallest absolute Gasteiger partial charge is 0.176 e. The number of methoxy groups -OCH3 is 3. The van der Waals surface area contributed by atoms with Crippen LogP contribution in [0.25, 0.3) is 0 Å². The summed E-state index contributed by atoms with van der Waals surface area (Å²) in [7, 11) is 4.49. The van der Waals surface area contributed by atoms with Gasteiger partial charge < -0.3 is 34.3 Å². The normalized spacial score (nSPS) is 27.4. The molecule has 2 aliphatic rings. The standard InChI is InChI=1S/C26H26O7/c1-30-17-12-21(32-3)24-22(13-17)33-26(16-9-10-20(31-2)19(27)11-16)18(14-23(28)25(24,26)29)15-7-5-4-6-8-15/h4-13,18,23,27-29H,14H2,1-3H3/t18-,23+,25+,26-/m0/s1. The number of aliphatic hydroxyl groups excluding tert-OH is 1. The number of phenolic OH excluding ortho intramolecular Hbond substituents is 1. The zero-order chi connectivity index (χ0) is 23.4. The number of ether oxygens (including phenoxy) is 4. The van der Waals surface area contributed by atoms with Crippen molar-refractivity contribution in [2.75, 3.05) is 21.3 Å². The fourth-order valence-electron chi connectivity index (χ4n) is 5.51. The van der Waals surface area contributed by atoms with Crippen LogP contribution in [0.1, 0.15) is 29.0 Å². The van der Waals surface area contributed by atoms with Gasteiger partial charge in [0.25, 0.3) is 0 Å². The molecule has 1 heterocycles. The Balaban J connectivity index is 1.82. The third-order valence-electron chi connectivity index (χ3n) is 6.96. The van der Waals surface area contributed by atoms with Gasteiger partial charge in [-0.05, 0) is 24.1 Å². The first kappa shape index (κ1) is 21.4. The Morgan fingerprint density at radius 3 is 2.27 bits per heavy atom. The third kappa shape index (κ3) is 2.76. The van der Waals surface area contributed by atoms with Crippen molar-refractivity contribution >= 4 is 0 Å². The highest BCUT2D eigenvalue weighted by Crippen LogP contribution is 2.68. The van der Waals surface area contributed by atoms with E-state index in [1.807, 2.05) is 30.3 Å². The predicted octanol–water partition coefficient (Wildman–Crippen LogP) is 3.44. The Labute approximate surface area is 191 Å². The van der Waals surface area contributed by atoms with Crippen LogP contribution in [-0.2, 0) is 11.2 Å². The van der Waals surface area contributed by atoms with Crippen molar-refractivity contribution in [3.63, 3.8) is 0 Å². The fraction of sp³-hybridized carbons (Fsp3) is 0.308. The summed E-state index contributed by atoms with van der Waals surface area (Å²) in [6, 6.07) is 17.8. The first-order valence-corrected chi connectivity index (χ1v) is 10.7. The van der Waals surface area contributed by atoms with E-state index in [1.165, 1.54) is 27.4 Å². The van der Waals surface area contributed by atoms with E-state index in [0.29, 0.717) is 34.1 Å². The molecule has 1 aliphatic carbocycles. The number of rotatable bonds is 5. The summed E-state index contributed by atoms with van der Waals surface area (Å²) < 4.78 is 22.9. The number of fused-ring (bicyclic) bond motifs is 3. The number of hydrogen-bond acceptors (Lipinski definition) is 7. The molecule has 1 aliphatic heterocycles. The van der Waals surface area contributed by atoms with Crippen LogP contribution in [-0.4, -0.2) is 42.8 Å². The maximum absolute atomic E-state index is 12.4. The van der Waals surface area contributed by atoms with Crippen molar-refractivity contribution in [1.82, 2.24) is 0 Å². The van der Waals surface area contributed by atoms with Gasteiger partial charge in [-0.2, -0.15) is 0 Å². The minimum Gasteiger partial charge on any atom is -0.504 e. The van der Waals surface area contributed by atoms with Crippen LogP contribution in [0.5, 0.6) is 28.7 Å². The van der Waals surface area contributed by atoms with Crippen LogP contribution in [0.4, 0.5) is 0 Å². The average Bonchev–Trinajstić information content (AvgIpc) is 3.24. The number of hydrogen-bond donors (Lipinski definition) is 3. The Hall–Kier alpha value is -3.42. The van der Waals surface area contributed by atoms with Gasteiger partial charge in [-0.3, -0.25) is 0 Å². The highest BCUT2D eigenvalue weighted by molar-refractivity contribution is 5.63. The Morgan fingerprint density at radius 1 is 0.909 bits per heavy atom. The minimum atomic E-state index is -1.86. The lowest BCUT2D eigenvalue weighted by Crippen LogP contribution is -2.52. The molecule has 7 heteroatoms. The van der Waals surface area contributed by atoms with Crippen molar-refractivity contribution in [1.29, 1.82) is 0 Å². The predicted molar refractivity (Wildman–Crippen MR) is 120 cm³/mol. The molecule has 4 atom stereocenters. The van der Waals surface area contributed by atoms with Crippen LogP contribution in [0, 0.1) is 0 Å². The fourth-order valence-corrected chi connectivity index (χ4v) is 5.51. The van der Waals surface area contributed by atoms with Crippen molar-refractivity contribution in [2.45, 2.75) is 29.6 Å². The van der Waals surface area contributed by atoms with Gasteiger partial charge in [0.05, 0.1) is 33.0 Å². The molecule has 0 spiro atoms. The molecule has 1 fully saturated rings. The van der Waals surface area contributed by atoms with E-state index in [9.17, 15) is 15.3 Å². The molecule has 7 nitrogen and oxygen atoms in total. The number of benzene rings is 3. The van der Waals surface area contributed by atoms with E-state index < -0.39 is 23.2 Å². The molecule has 172 valence electrons. The molecule has 33 heavy (non-hydrogen) atoms. The lowest BCUT2D eigenvalue weighted by atomic mass is 9.71. The first-order chi connectivity index (χ1) is 15.9. The number of phenols is 1. The second kappa shape index (κ2) is 7.57. The van der Waals surface area contributed by atoms with E-state index in [2.05, 4.69) is 0 Å². The van der Waals surface area contributed by atoms with E-state index >= 15 is 0 Å². The zero-order valence-corrected chi connectivity index (χ0v) is 18.6. The molecule has 1 saturated carbocycles. The van der Waals surface area contributed by atoms with Gasteiger partial charge in [-0.1, -0.05) is 36.4 Å². The van der Waals surface area contributed by atoms with E-state index in [0.717, 1.165) is 5.56 Å². The molecule has 0 radical (unpaired) electrons. The van der Waals surface area contributed by atoms with E-state index in [-0.39, 0.29) is 12.2 Å². The molecule has 0 unspecified atom stereocenters. The largest absolute Gasteiger partial charge is 0.504 e. The van der Waals surface area contributed by atoms with Crippen LogP contribution in [0.3, 0.4) is 0 Å². The van der Waals surface area contributed by atoms with E-state index in [1.54, 1.807) is 24.3 Å². The monoisotopic (exact) mass is 450 g/mol. The van der Waals surface area contributed by atoms with Crippen LogP contribution in [0.15, 0.2) is 60.7 Å². The summed E-state index contributed by atoms with van der Waals surface area (Å²) in [5.41, 5.74) is -1.56. The molecule has 3 aromatic carbocycles. The molecule has 3 aromatic rings. The lowest BCUT2D eigenvalue weighted by molar-refractivity contribution is -0.150. The SMILES string of the molecule is COc1cc(OC)c2c(c1)O[C@@]1(c3ccc(OC)c(O)c3)[C@H](c3ccccc3)C[C@@H](O)[C@@]21O. The van der Waals surface area contributed by atoms with Gasteiger partial charge in [0.2, 0.25) is 0 Å². The maximum Gasteiger partial charge on any atom is 0.176 e. The molecule has 0 aromatic heterocycles. The number of aliphatic hydroxyl groups is 2. The van der Waals surface area contributed by atoms with Gasteiger partial charge in [0, 0.05) is 23.6 Å². The van der Waals surface area contributed by atoms with Gasteiger partial charge in [0.15, 0.2) is 22.7 Å². The molecular formula is C26H26O7. The van der Waals surface area contributed by atoms with Crippen molar-refractivity contribution in [2.24, 2.45) is 0 Å². The highest BCUT2D eigenvalue weighted by atomic mass is 16.5. The van der Waals surface area contributed by atoms with Gasteiger partial charge in [0.1, 0.15) is 17.2 Å². The highest BCUT2D eigenvalue weighted by Gasteiger charge is 2.73. The maximum atomic E-state index is 12.4. The van der Waals surface area contributed by atoms with Crippen LogP contribution < -0.4 is 18.9 Å². The quantitative estimate of drug-likeness (QED) is 0.548. The lowest BCUT2D eigenvalue weighted by Gasteiger charge is -2.40. The molecule has 3 N–H and O–H groups in total. The summed E-state index contributed by atoms with van der Waals surface area (Å²) >= 11 is 0. The molecule has 5 rings (SSSR count). The summed E-state index contributed by atoms with van der Waals surface area (Å²) in [5, 5.41) is 34.4. The van der Waals surface area contributed by atoms with Crippen molar-refractivity contribution < 1.29 is 34.3 Å². The molecule has 0 amide bonds. The van der Waals surface area contributed by atoms with Crippen molar-refractivity contribution in [3.8, 4) is 28.7 Å². The summed E-state index contributed by atoms with van der Waals surface area (Å²) in [6.07, 6.45) is -0.933. The summed E-state index contributed by atoms with van der Waals surface area (Å²) in [6.45, 7) is 0. The number of aromatic hydroxyl groups is 1. The second-order valence-corrected chi connectivity index (χ2v) is 8.41. The van der Waals surface area contributed by atoms with Crippen LogP contribution in [0.2, 0.25) is 0 Å². The second-order valence-electron chi connectivity index (χ2n) is 8.41. The van der Waals surface area contributed by atoms with Crippen molar-refractivity contribution in [3.05, 3.63) is 77.4 Å². The Bertz CT molecular complexity index is 1190. The van der Waals surface area contributed by atoms with Gasteiger partial charge in [-0.15, -0.1) is 0 Å². The Morgan fingerprint density at radius 2 is 1.64 bits per heavy atom. The summed E-state index contributed by atoms with van der Waals surface area (Å²) in [4.78, 5) is 0. The average molecular weight is 450 g/mol. The molecule has 0 bridgehead atoms. The zero-order valence-electron chi connectivity index (χ0n) is 18.6. The third-order valence-corrected chi connectivity index (χ3v) is 6.96.